The number of rotatable bonds is 7. The fourth-order valence-corrected chi connectivity index (χ4v) is 2.34. The van der Waals surface area contributed by atoms with Gasteiger partial charge in [-0.05, 0) is 30.3 Å². The third kappa shape index (κ3) is 4.69. The fraction of sp³-hybridized carbons (Fsp3) is 0.278. The molecule has 0 radical (unpaired) electrons. The van der Waals surface area contributed by atoms with Crippen molar-refractivity contribution in [3.63, 3.8) is 0 Å². The van der Waals surface area contributed by atoms with Crippen LogP contribution in [0.3, 0.4) is 0 Å². The summed E-state index contributed by atoms with van der Waals surface area (Å²) in [6.45, 7) is 0.478. The number of nitrogens with zero attached hydrogens (tertiary/aromatic N) is 3. The number of ether oxygens (including phenoxy) is 1. The second kappa shape index (κ2) is 8.28. The molecule has 138 valence electrons. The second-order valence-electron chi connectivity index (χ2n) is 5.88. The minimum atomic E-state index is -0.534. The Morgan fingerprint density at radius 2 is 1.81 bits per heavy atom. The van der Waals surface area contributed by atoms with E-state index in [1.807, 2.05) is 0 Å². The summed E-state index contributed by atoms with van der Waals surface area (Å²) in [4.78, 5) is 26.3. The maximum absolute atomic E-state index is 12.9. The molecule has 0 bridgehead atoms. The normalized spacial score (nSPS) is 10.3. The van der Waals surface area contributed by atoms with Gasteiger partial charge in [0, 0.05) is 39.0 Å². The summed E-state index contributed by atoms with van der Waals surface area (Å²) in [7, 11) is 5.11. The molecule has 0 aliphatic rings. The highest BCUT2D eigenvalue weighted by Crippen LogP contribution is 2.25. The van der Waals surface area contributed by atoms with E-state index in [9.17, 15) is 19.3 Å². The van der Waals surface area contributed by atoms with Gasteiger partial charge in [0.15, 0.2) is 0 Å². The zero-order valence-corrected chi connectivity index (χ0v) is 14.8. The van der Waals surface area contributed by atoms with Crippen LogP contribution in [0.5, 0.6) is 5.75 Å². The molecule has 8 heteroatoms. The maximum Gasteiger partial charge on any atom is 0.270 e. The lowest BCUT2D eigenvalue weighted by atomic mass is 10.1. The van der Waals surface area contributed by atoms with Crippen molar-refractivity contribution in [2.75, 3.05) is 39.2 Å². The quantitative estimate of drug-likeness (QED) is 0.560. The number of non-ortho nitro benzene ring substituents is 1. The number of nitro groups is 1. The van der Waals surface area contributed by atoms with Crippen molar-refractivity contribution in [1.82, 2.24) is 4.90 Å². The van der Waals surface area contributed by atoms with Crippen molar-refractivity contribution in [3.8, 4) is 5.75 Å². The number of carbonyl (C=O) groups is 1. The number of nitro benzene ring substituents is 1. The van der Waals surface area contributed by atoms with E-state index in [-0.39, 0.29) is 36.1 Å². The van der Waals surface area contributed by atoms with Crippen LogP contribution in [-0.2, 0) is 0 Å². The molecule has 0 saturated heterocycles. The van der Waals surface area contributed by atoms with E-state index in [4.69, 9.17) is 4.74 Å². The third-order valence-electron chi connectivity index (χ3n) is 3.76. The summed E-state index contributed by atoms with van der Waals surface area (Å²) in [5, 5.41) is 11.0. The molecule has 2 aromatic rings. The number of benzene rings is 2. The third-order valence-corrected chi connectivity index (χ3v) is 3.76. The molecule has 0 aliphatic heterocycles. The van der Waals surface area contributed by atoms with Crippen LogP contribution in [0.1, 0.15) is 10.4 Å². The van der Waals surface area contributed by atoms with Gasteiger partial charge in [0.1, 0.15) is 18.2 Å². The SMILES string of the molecule is CN(CCOc1ccc(F)cc1)C(=O)c1cc([N+](=O)[O-])ccc1N(C)C. The highest BCUT2D eigenvalue weighted by Gasteiger charge is 2.20. The van der Waals surface area contributed by atoms with Crippen molar-refractivity contribution in [3.05, 3.63) is 64.0 Å². The monoisotopic (exact) mass is 361 g/mol. The Balaban J connectivity index is 2.07. The zero-order chi connectivity index (χ0) is 19.3. The smallest absolute Gasteiger partial charge is 0.270 e. The van der Waals surface area contributed by atoms with Crippen LogP contribution >= 0.6 is 0 Å². The standard InChI is InChI=1S/C18H20FN3O4/c1-20(2)17-9-6-14(22(24)25)12-16(17)18(23)21(3)10-11-26-15-7-4-13(19)5-8-15/h4-9,12H,10-11H2,1-3H3. The maximum atomic E-state index is 12.9. The first-order valence-corrected chi connectivity index (χ1v) is 7.89. The van der Waals surface area contributed by atoms with Crippen LogP contribution in [0.25, 0.3) is 0 Å². The molecular formula is C18H20FN3O4. The van der Waals surface area contributed by atoms with E-state index in [0.29, 0.717) is 11.4 Å². The van der Waals surface area contributed by atoms with Gasteiger partial charge < -0.3 is 14.5 Å². The van der Waals surface area contributed by atoms with Crippen LogP contribution in [0.15, 0.2) is 42.5 Å². The molecule has 0 spiro atoms. The predicted octanol–water partition coefficient (Wildman–Crippen LogP) is 2.95. The minimum absolute atomic E-state index is 0.144. The molecule has 0 atom stereocenters. The predicted molar refractivity (Wildman–Crippen MR) is 96.3 cm³/mol. The minimum Gasteiger partial charge on any atom is -0.492 e. The van der Waals surface area contributed by atoms with Crippen molar-refractivity contribution in [2.24, 2.45) is 0 Å². The topological polar surface area (TPSA) is 75.9 Å². The molecule has 26 heavy (non-hydrogen) atoms. The van der Waals surface area contributed by atoms with Gasteiger partial charge in [-0.2, -0.15) is 0 Å². The van der Waals surface area contributed by atoms with Crippen molar-refractivity contribution in [2.45, 2.75) is 0 Å². The zero-order valence-electron chi connectivity index (χ0n) is 14.8. The highest BCUT2D eigenvalue weighted by molar-refractivity contribution is 6.00. The van der Waals surface area contributed by atoms with Gasteiger partial charge >= 0.3 is 0 Å². The van der Waals surface area contributed by atoms with Crippen LogP contribution < -0.4 is 9.64 Å². The van der Waals surface area contributed by atoms with Crippen LogP contribution in [0.4, 0.5) is 15.8 Å². The number of carbonyl (C=O) groups excluding carboxylic acids is 1. The Morgan fingerprint density at radius 3 is 2.38 bits per heavy atom. The van der Waals surface area contributed by atoms with E-state index in [0.717, 1.165) is 0 Å². The Hall–Kier alpha value is -3.16. The first-order valence-electron chi connectivity index (χ1n) is 7.89. The van der Waals surface area contributed by atoms with Gasteiger partial charge in [-0.1, -0.05) is 0 Å². The molecule has 7 nitrogen and oxygen atoms in total. The Labute approximate surface area is 150 Å². The molecule has 0 fully saturated rings. The number of amides is 1. The largest absolute Gasteiger partial charge is 0.492 e. The molecule has 2 rings (SSSR count). The molecular weight excluding hydrogens is 341 g/mol. The lowest BCUT2D eigenvalue weighted by Gasteiger charge is -2.22. The summed E-state index contributed by atoms with van der Waals surface area (Å²) in [5.41, 5.74) is 0.690. The first-order chi connectivity index (χ1) is 12.3. The summed E-state index contributed by atoms with van der Waals surface area (Å²) in [6.07, 6.45) is 0. The lowest BCUT2D eigenvalue weighted by Crippen LogP contribution is -2.32. The van der Waals surface area contributed by atoms with Gasteiger partial charge in [-0.15, -0.1) is 0 Å². The molecule has 0 N–H and O–H groups in total. The summed E-state index contributed by atoms with van der Waals surface area (Å²) < 4.78 is 18.3. The van der Waals surface area contributed by atoms with Crippen molar-refractivity contribution >= 4 is 17.3 Å². The van der Waals surface area contributed by atoms with Crippen LogP contribution in [0, 0.1) is 15.9 Å². The molecule has 0 saturated carbocycles. The Bertz CT molecular complexity index is 794. The molecule has 1 amide bonds. The van der Waals surface area contributed by atoms with E-state index in [1.165, 1.54) is 41.3 Å². The van der Waals surface area contributed by atoms with Crippen molar-refractivity contribution in [1.29, 1.82) is 0 Å². The molecule has 0 unspecified atom stereocenters. The molecule has 0 heterocycles. The summed E-state index contributed by atoms with van der Waals surface area (Å²) in [5.74, 6) is -0.205. The molecule has 0 aromatic heterocycles. The van der Waals surface area contributed by atoms with Gasteiger partial charge in [0.25, 0.3) is 11.6 Å². The number of hydrogen-bond acceptors (Lipinski definition) is 5. The van der Waals surface area contributed by atoms with Gasteiger partial charge in [-0.25, -0.2) is 4.39 Å². The van der Waals surface area contributed by atoms with Gasteiger partial charge in [-0.3, -0.25) is 14.9 Å². The van der Waals surface area contributed by atoms with Crippen LogP contribution in [-0.4, -0.2) is 50.0 Å². The lowest BCUT2D eigenvalue weighted by molar-refractivity contribution is -0.384. The Kier molecular flexibility index (Phi) is 6.11. The number of hydrogen-bond donors (Lipinski definition) is 0. The number of likely N-dealkylation sites (N-methyl/N-ethyl adjacent to an activating group) is 1. The second-order valence-corrected chi connectivity index (χ2v) is 5.88. The average Bonchev–Trinajstić information content (AvgIpc) is 2.61. The highest BCUT2D eigenvalue weighted by atomic mass is 19.1. The van der Waals surface area contributed by atoms with Gasteiger partial charge in [0.05, 0.1) is 17.0 Å². The molecule has 0 aliphatic carbocycles. The number of halogens is 1. The van der Waals surface area contributed by atoms with Crippen molar-refractivity contribution < 1.29 is 18.8 Å². The summed E-state index contributed by atoms with van der Waals surface area (Å²) >= 11 is 0. The first kappa shape index (κ1) is 19.2. The average molecular weight is 361 g/mol. The van der Waals surface area contributed by atoms with E-state index in [2.05, 4.69) is 0 Å². The summed E-state index contributed by atoms with van der Waals surface area (Å²) in [6, 6.07) is 9.77. The Morgan fingerprint density at radius 1 is 1.15 bits per heavy atom. The van der Waals surface area contributed by atoms with Crippen LogP contribution in [0.2, 0.25) is 0 Å². The fourth-order valence-electron chi connectivity index (χ4n) is 2.34. The number of anilines is 1. The van der Waals surface area contributed by atoms with E-state index < -0.39 is 4.92 Å². The van der Waals surface area contributed by atoms with E-state index in [1.54, 1.807) is 32.1 Å². The van der Waals surface area contributed by atoms with E-state index >= 15 is 0 Å². The molecule has 2 aromatic carbocycles. The van der Waals surface area contributed by atoms with Gasteiger partial charge in [0.2, 0.25) is 0 Å².